The Kier molecular flexibility index (Phi) is 5.30. The molecule has 0 aromatic carbocycles. The molecule has 0 radical (unpaired) electrons. The summed E-state index contributed by atoms with van der Waals surface area (Å²) in [5, 5.41) is 25.4. The summed E-state index contributed by atoms with van der Waals surface area (Å²) in [5.74, 6) is 1.64. The maximum absolute atomic E-state index is 10.1. The third-order valence-corrected chi connectivity index (χ3v) is 7.28. The fourth-order valence-corrected chi connectivity index (χ4v) is 4.99. The first-order valence-electron chi connectivity index (χ1n) is 11.1. The van der Waals surface area contributed by atoms with Crippen LogP contribution in [0.15, 0.2) is 30.6 Å². The molecule has 5 heterocycles. The van der Waals surface area contributed by atoms with E-state index in [1.54, 1.807) is 10.7 Å². The van der Waals surface area contributed by atoms with Gasteiger partial charge in [0, 0.05) is 30.9 Å². The lowest BCUT2D eigenvalue weighted by molar-refractivity contribution is 0.0969. The van der Waals surface area contributed by atoms with Crippen LogP contribution >= 0.6 is 0 Å². The summed E-state index contributed by atoms with van der Waals surface area (Å²) in [6.45, 7) is 6.72. The standard InChI is InChI=1S/C23H29N7O2/c1-15-16(2)32-14-23(15)6-9-29(10-7-23)22-20(13-31)27-21(19(11-24)28-22)26-17-3-4-18-5-8-25-30(18)12-17/h3-5,8,11-12,15-16,24,31H,6-7,9-10,13-14H2,1-2H3,(H,26,27)/t15-,16-/m0/s1. The summed E-state index contributed by atoms with van der Waals surface area (Å²) in [4.78, 5) is 11.6. The van der Waals surface area contributed by atoms with Crippen molar-refractivity contribution in [1.29, 1.82) is 5.41 Å². The molecule has 2 aliphatic heterocycles. The Balaban J connectivity index is 1.40. The number of nitrogens with one attached hydrogen (secondary N) is 2. The minimum Gasteiger partial charge on any atom is -0.390 e. The second kappa shape index (κ2) is 8.14. The minimum absolute atomic E-state index is 0.217. The van der Waals surface area contributed by atoms with Crippen LogP contribution in [-0.2, 0) is 11.3 Å². The first kappa shape index (κ1) is 20.8. The number of pyridine rings is 1. The van der Waals surface area contributed by atoms with Gasteiger partial charge in [0.05, 0.1) is 36.7 Å². The summed E-state index contributed by atoms with van der Waals surface area (Å²) >= 11 is 0. The number of anilines is 3. The van der Waals surface area contributed by atoms with Crippen molar-refractivity contribution in [1.82, 2.24) is 19.6 Å². The van der Waals surface area contributed by atoms with E-state index < -0.39 is 0 Å². The molecule has 0 amide bonds. The monoisotopic (exact) mass is 435 g/mol. The van der Waals surface area contributed by atoms with Gasteiger partial charge in [0.25, 0.3) is 0 Å². The number of rotatable bonds is 5. The smallest absolute Gasteiger partial charge is 0.158 e. The van der Waals surface area contributed by atoms with E-state index in [1.807, 2.05) is 24.4 Å². The van der Waals surface area contributed by atoms with Crippen LogP contribution in [0.25, 0.3) is 5.52 Å². The molecule has 3 N–H and O–H groups in total. The average molecular weight is 436 g/mol. The topological polar surface area (TPSA) is 112 Å². The lowest BCUT2D eigenvalue weighted by Crippen LogP contribution is -2.44. The third-order valence-electron chi connectivity index (χ3n) is 7.28. The Morgan fingerprint density at radius 3 is 2.75 bits per heavy atom. The predicted molar refractivity (Wildman–Crippen MR) is 123 cm³/mol. The van der Waals surface area contributed by atoms with Gasteiger partial charge in [-0.25, -0.2) is 14.5 Å². The van der Waals surface area contributed by atoms with Crippen LogP contribution in [0.2, 0.25) is 0 Å². The van der Waals surface area contributed by atoms with Gasteiger partial charge in [0.1, 0.15) is 11.4 Å². The molecular weight excluding hydrogens is 406 g/mol. The molecule has 2 aliphatic rings. The number of aromatic nitrogens is 4. The van der Waals surface area contributed by atoms with E-state index in [-0.39, 0.29) is 12.0 Å². The van der Waals surface area contributed by atoms with E-state index in [4.69, 9.17) is 15.1 Å². The number of piperidine rings is 1. The zero-order valence-corrected chi connectivity index (χ0v) is 18.5. The Morgan fingerprint density at radius 1 is 1.25 bits per heavy atom. The maximum atomic E-state index is 10.1. The molecule has 168 valence electrons. The fraction of sp³-hybridized carbons (Fsp3) is 0.478. The fourth-order valence-electron chi connectivity index (χ4n) is 4.99. The minimum atomic E-state index is -0.217. The van der Waals surface area contributed by atoms with E-state index in [1.165, 1.54) is 6.21 Å². The van der Waals surface area contributed by atoms with Gasteiger partial charge in [-0.05, 0) is 43.9 Å². The number of aliphatic hydroxyl groups excluding tert-OH is 1. The molecule has 9 nitrogen and oxygen atoms in total. The summed E-state index contributed by atoms with van der Waals surface area (Å²) in [6.07, 6.45) is 7.14. The summed E-state index contributed by atoms with van der Waals surface area (Å²) in [7, 11) is 0. The van der Waals surface area contributed by atoms with E-state index in [9.17, 15) is 5.11 Å². The van der Waals surface area contributed by atoms with Crippen molar-refractivity contribution >= 4 is 29.1 Å². The third kappa shape index (κ3) is 3.51. The zero-order valence-electron chi connectivity index (χ0n) is 18.5. The Labute approximate surface area is 187 Å². The number of aliphatic hydroxyl groups is 1. The highest BCUT2D eigenvalue weighted by Gasteiger charge is 2.47. The molecule has 0 aliphatic carbocycles. The molecule has 3 aromatic rings. The Hall–Kier alpha value is -3.04. The van der Waals surface area contributed by atoms with Crippen molar-refractivity contribution in [3.05, 3.63) is 42.0 Å². The van der Waals surface area contributed by atoms with Crippen LogP contribution in [0.1, 0.15) is 38.1 Å². The highest BCUT2D eigenvalue weighted by atomic mass is 16.5. The molecule has 3 aromatic heterocycles. The van der Waals surface area contributed by atoms with Gasteiger partial charge in [0.2, 0.25) is 0 Å². The zero-order chi connectivity index (χ0) is 22.3. The summed E-state index contributed by atoms with van der Waals surface area (Å²) in [5.41, 5.74) is 2.93. The lowest BCUT2D eigenvalue weighted by atomic mass is 9.70. The predicted octanol–water partition coefficient (Wildman–Crippen LogP) is 3.00. The van der Waals surface area contributed by atoms with Crippen molar-refractivity contribution in [2.24, 2.45) is 11.3 Å². The molecular formula is C23H29N7O2. The Bertz CT molecular complexity index is 1140. The van der Waals surface area contributed by atoms with Gasteiger partial charge in [-0.3, -0.25) is 0 Å². The summed E-state index contributed by atoms with van der Waals surface area (Å²) < 4.78 is 7.71. The largest absolute Gasteiger partial charge is 0.390 e. The van der Waals surface area contributed by atoms with Gasteiger partial charge in [-0.2, -0.15) is 5.10 Å². The molecule has 5 rings (SSSR count). The van der Waals surface area contributed by atoms with Crippen LogP contribution in [0.5, 0.6) is 0 Å². The van der Waals surface area contributed by atoms with Crippen LogP contribution in [0.3, 0.4) is 0 Å². The molecule has 2 saturated heterocycles. The second-order valence-electron chi connectivity index (χ2n) is 8.93. The van der Waals surface area contributed by atoms with Crippen LogP contribution in [-0.4, -0.2) is 56.7 Å². The maximum Gasteiger partial charge on any atom is 0.158 e. The first-order chi connectivity index (χ1) is 15.5. The Morgan fingerprint density at radius 2 is 2.06 bits per heavy atom. The van der Waals surface area contributed by atoms with Gasteiger partial charge < -0.3 is 25.5 Å². The number of hydrogen-bond acceptors (Lipinski definition) is 8. The molecule has 2 atom stereocenters. The summed E-state index contributed by atoms with van der Waals surface area (Å²) in [6, 6.07) is 5.80. The molecule has 0 bridgehead atoms. The molecule has 0 saturated carbocycles. The van der Waals surface area contributed by atoms with Gasteiger partial charge in [0.15, 0.2) is 11.6 Å². The van der Waals surface area contributed by atoms with Gasteiger partial charge in [-0.15, -0.1) is 0 Å². The van der Waals surface area contributed by atoms with Crippen molar-refractivity contribution in [2.75, 3.05) is 29.9 Å². The number of nitrogens with zero attached hydrogens (tertiary/aromatic N) is 5. The highest BCUT2D eigenvalue weighted by Crippen LogP contribution is 2.46. The van der Waals surface area contributed by atoms with Crippen molar-refractivity contribution in [3.63, 3.8) is 0 Å². The van der Waals surface area contributed by atoms with E-state index in [0.717, 1.165) is 43.7 Å². The van der Waals surface area contributed by atoms with Gasteiger partial charge in [-0.1, -0.05) is 6.92 Å². The van der Waals surface area contributed by atoms with Gasteiger partial charge >= 0.3 is 0 Å². The highest BCUT2D eigenvalue weighted by molar-refractivity contribution is 5.84. The molecule has 2 fully saturated rings. The molecule has 0 unspecified atom stereocenters. The van der Waals surface area contributed by atoms with E-state index >= 15 is 0 Å². The molecule has 1 spiro atoms. The van der Waals surface area contributed by atoms with Crippen LogP contribution < -0.4 is 10.2 Å². The average Bonchev–Trinajstić information content (AvgIpc) is 3.39. The van der Waals surface area contributed by atoms with Crippen molar-refractivity contribution in [3.8, 4) is 0 Å². The normalized spacial score (nSPS) is 22.5. The van der Waals surface area contributed by atoms with E-state index in [2.05, 4.69) is 34.1 Å². The van der Waals surface area contributed by atoms with Crippen molar-refractivity contribution < 1.29 is 9.84 Å². The molecule has 9 heteroatoms. The molecule has 32 heavy (non-hydrogen) atoms. The first-order valence-corrected chi connectivity index (χ1v) is 11.1. The SMILES string of the molecule is C[C@@H]1OCC2(CCN(c3nc(C=N)c(Nc4ccc5ccnn5c4)nc3CO)CC2)[C@H]1C. The quantitative estimate of drug-likeness (QED) is 0.528. The second-order valence-corrected chi connectivity index (χ2v) is 8.93. The van der Waals surface area contributed by atoms with Crippen LogP contribution in [0.4, 0.5) is 17.3 Å². The number of hydrogen-bond donors (Lipinski definition) is 3. The van der Waals surface area contributed by atoms with Crippen molar-refractivity contribution in [2.45, 2.75) is 39.4 Å². The van der Waals surface area contributed by atoms with Crippen LogP contribution in [0, 0.1) is 16.7 Å². The number of fused-ring (bicyclic) bond motifs is 1. The number of ether oxygens (including phenoxy) is 1. The van der Waals surface area contributed by atoms with E-state index in [0.29, 0.717) is 35.0 Å². The lowest BCUT2D eigenvalue weighted by Gasteiger charge is -2.42.